The first-order valence-electron chi connectivity index (χ1n) is 5.89. The predicted molar refractivity (Wildman–Crippen MR) is 69.1 cm³/mol. The minimum atomic E-state index is -0.461. The van der Waals surface area contributed by atoms with Gasteiger partial charge in [0.05, 0.1) is 17.1 Å². The Morgan fingerprint density at radius 2 is 2.11 bits per heavy atom. The average molecular weight is 247 g/mol. The van der Waals surface area contributed by atoms with Crippen LogP contribution in [-0.4, -0.2) is 29.1 Å². The molecule has 0 aliphatic carbocycles. The molecule has 0 fully saturated rings. The Balaban J connectivity index is 2.13. The van der Waals surface area contributed by atoms with Crippen LogP contribution in [0.1, 0.15) is 25.7 Å². The molecule has 2 rings (SSSR count). The molecular formula is C13H17N3O2. The summed E-state index contributed by atoms with van der Waals surface area (Å²) >= 11 is 0. The number of carbonyl (C=O) groups excluding carboxylic acids is 1. The van der Waals surface area contributed by atoms with Gasteiger partial charge in [-0.05, 0) is 26.0 Å². The van der Waals surface area contributed by atoms with E-state index in [1.807, 2.05) is 31.2 Å². The Hall–Kier alpha value is -1.88. The van der Waals surface area contributed by atoms with Gasteiger partial charge in [0.15, 0.2) is 0 Å². The fourth-order valence-corrected chi connectivity index (χ4v) is 1.68. The lowest BCUT2D eigenvalue weighted by Gasteiger charge is -2.14. The maximum Gasteiger partial charge on any atom is 0.249 e. The average Bonchev–Trinajstić information content (AvgIpc) is 2.81. The zero-order chi connectivity index (χ0) is 13.1. The maximum absolute atomic E-state index is 11.7. The number of para-hydroxylation sites is 2. The smallest absolute Gasteiger partial charge is 0.249 e. The number of rotatable bonds is 4. The van der Waals surface area contributed by atoms with Crippen LogP contribution in [0.5, 0.6) is 0 Å². The van der Waals surface area contributed by atoms with E-state index in [0.29, 0.717) is 0 Å². The molecule has 0 radical (unpaired) electrons. The molecule has 1 aromatic heterocycles. The summed E-state index contributed by atoms with van der Waals surface area (Å²) in [7, 11) is 1.51. The number of aromatic nitrogens is 2. The van der Waals surface area contributed by atoms with Crippen molar-refractivity contribution in [1.82, 2.24) is 15.3 Å². The van der Waals surface area contributed by atoms with Crippen molar-refractivity contribution in [3.8, 4) is 0 Å². The molecule has 2 unspecified atom stereocenters. The lowest BCUT2D eigenvalue weighted by Crippen LogP contribution is -2.35. The number of ether oxygens (including phenoxy) is 1. The lowest BCUT2D eigenvalue weighted by atomic mass is 10.3. The van der Waals surface area contributed by atoms with Crippen molar-refractivity contribution in [2.45, 2.75) is 26.0 Å². The topological polar surface area (TPSA) is 67.0 Å². The number of H-pyrrole nitrogens is 1. The minimum absolute atomic E-state index is 0.148. The highest BCUT2D eigenvalue weighted by Crippen LogP contribution is 2.15. The summed E-state index contributed by atoms with van der Waals surface area (Å²) < 4.78 is 4.96. The zero-order valence-corrected chi connectivity index (χ0v) is 10.7. The summed E-state index contributed by atoms with van der Waals surface area (Å²) in [6.45, 7) is 3.60. The molecule has 0 saturated heterocycles. The van der Waals surface area contributed by atoms with Crippen molar-refractivity contribution >= 4 is 16.9 Å². The van der Waals surface area contributed by atoms with Crippen LogP contribution in [0, 0.1) is 0 Å². The number of benzene rings is 1. The second kappa shape index (κ2) is 5.18. The molecule has 1 aromatic carbocycles. The summed E-state index contributed by atoms with van der Waals surface area (Å²) in [5, 5.41) is 2.85. The summed E-state index contributed by atoms with van der Waals surface area (Å²) in [5.41, 5.74) is 1.86. The molecule has 1 heterocycles. The van der Waals surface area contributed by atoms with Crippen molar-refractivity contribution < 1.29 is 9.53 Å². The number of imidazole rings is 1. The Morgan fingerprint density at radius 1 is 1.39 bits per heavy atom. The lowest BCUT2D eigenvalue weighted by molar-refractivity contribution is -0.130. The third-order valence-electron chi connectivity index (χ3n) is 2.90. The third-order valence-corrected chi connectivity index (χ3v) is 2.90. The third kappa shape index (κ3) is 2.51. The van der Waals surface area contributed by atoms with E-state index >= 15 is 0 Å². The quantitative estimate of drug-likeness (QED) is 0.865. The molecule has 2 aromatic rings. The van der Waals surface area contributed by atoms with Gasteiger partial charge in [-0.2, -0.15) is 0 Å². The van der Waals surface area contributed by atoms with Crippen LogP contribution < -0.4 is 5.32 Å². The molecule has 2 N–H and O–H groups in total. The van der Waals surface area contributed by atoms with Crippen LogP contribution in [-0.2, 0) is 9.53 Å². The van der Waals surface area contributed by atoms with Crippen molar-refractivity contribution in [3.63, 3.8) is 0 Å². The predicted octanol–water partition coefficient (Wildman–Crippen LogP) is 1.78. The van der Waals surface area contributed by atoms with Gasteiger partial charge in [0.2, 0.25) is 5.91 Å². The summed E-state index contributed by atoms with van der Waals surface area (Å²) in [5.74, 6) is 0.596. The van der Waals surface area contributed by atoms with E-state index in [1.165, 1.54) is 7.11 Å². The van der Waals surface area contributed by atoms with Crippen LogP contribution in [0.25, 0.3) is 11.0 Å². The van der Waals surface area contributed by atoms with Crippen LogP contribution in [0.4, 0.5) is 0 Å². The van der Waals surface area contributed by atoms with E-state index in [0.717, 1.165) is 16.9 Å². The molecule has 0 bridgehead atoms. The van der Waals surface area contributed by atoms with Crippen molar-refractivity contribution in [1.29, 1.82) is 0 Å². The Kier molecular flexibility index (Phi) is 3.62. The zero-order valence-electron chi connectivity index (χ0n) is 10.7. The van der Waals surface area contributed by atoms with Crippen LogP contribution >= 0.6 is 0 Å². The van der Waals surface area contributed by atoms with E-state index < -0.39 is 6.10 Å². The Labute approximate surface area is 106 Å². The van der Waals surface area contributed by atoms with Gasteiger partial charge in [0, 0.05) is 7.11 Å². The second-order valence-corrected chi connectivity index (χ2v) is 4.25. The van der Waals surface area contributed by atoms with E-state index in [4.69, 9.17) is 4.74 Å². The van der Waals surface area contributed by atoms with E-state index in [9.17, 15) is 4.79 Å². The Bertz CT molecular complexity index is 517. The number of amides is 1. The van der Waals surface area contributed by atoms with Crippen LogP contribution in [0.15, 0.2) is 24.3 Å². The molecule has 0 aliphatic heterocycles. The molecule has 1 amide bonds. The van der Waals surface area contributed by atoms with Crippen LogP contribution in [0.3, 0.4) is 0 Å². The largest absolute Gasteiger partial charge is 0.372 e. The highest BCUT2D eigenvalue weighted by atomic mass is 16.5. The summed E-state index contributed by atoms with van der Waals surface area (Å²) in [6.07, 6.45) is -0.461. The monoisotopic (exact) mass is 247 g/mol. The SMILES string of the molecule is COC(C)C(=O)NC(C)c1nc2ccccc2[nH]1. The number of nitrogens with one attached hydrogen (secondary N) is 2. The number of aromatic amines is 1. The highest BCUT2D eigenvalue weighted by molar-refractivity contribution is 5.81. The molecule has 2 atom stereocenters. The van der Waals surface area contributed by atoms with Crippen molar-refractivity contribution in [3.05, 3.63) is 30.1 Å². The first kappa shape index (κ1) is 12.6. The van der Waals surface area contributed by atoms with Gasteiger partial charge in [-0.1, -0.05) is 12.1 Å². The van der Waals surface area contributed by atoms with Gasteiger partial charge in [-0.3, -0.25) is 4.79 Å². The number of methoxy groups -OCH3 is 1. The molecule has 0 spiro atoms. The summed E-state index contributed by atoms with van der Waals surface area (Å²) in [4.78, 5) is 19.3. The highest BCUT2D eigenvalue weighted by Gasteiger charge is 2.17. The van der Waals surface area contributed by atoms with E-state index in [1.54, 1.807) is 6.92 Å². The van der Waals surface area contributed by atoms with Crippen molar-refractivity contribution in [2.24, 2.45) is 0 Å². The van der Waals surface area contributed by atoms with Gasteiger partial charge in [0.1, 0.15) is 11.9 Å². The van der Waals surface area contributed by atoms with Gasteiger partial charge >= 0.3 is 0 Å². The van der Waals surface area contributed by atoms with Crippen molar-refractivity contribution in [2.75, 3.05) is 7.11 Å². The standard InChI is InChI=1S/C13H17N3O2/c1-8(14-13(17)9(2)18-3)12-15-10-6-4-5-7-11(10)16-12/h4-9H,1-3H3,(H,14,17)(H,15,16). The van der Waals surface area contributed by atoms with Crippen LogP contribution in [0.2, 0.25) is 0 Å². The number of carbonyl (C=O) groups is 1. The summed E-state index contributed by atoms with van der Waals surface area (Å²) in [6, 6.07) is 7.59. The molecule has 5 nitrogen and oxygen atoms in total. The second-order valence-electron chi connectivity index (χ2n) is 4.25. The molecule has 18 heavy (non-hydrogen) atoms. The first-order valence-corrected chi connectivity index (χ1v) is 5.89. The fourth-order valence-electron chi connectivity index (χ4n) is 1.68. The number of fused-ring (bicyclic) bond motifs is 1. The normalized spacial score (nSPS) is 14.4. The van der Waals surface area contributed by atoms with Gasteiger partial charge < -0.3 is 15.0 Å². The van der Waals surface area contributed by atoms with Gasteiger partial charge in [-0.25, -0.2) is 4.98 Å². The number of hydrogen-bond acceptors (Lipinski definition) is 3. The fraction of sp³-hybridized carbons (Fsp3) is 0.385. The number of hydrogen-bond donors (Lipinski definition) is 2. The van der Waals surface area contributed by atoms with Gasteiger partial charge in [-0.15, -0.1) is 0 Å². The maximum atomic E-state index is 11.7. The van der Waals surface area contributed by atoms with E-state index in [2.05, 4.69) is 15.3 Å². The van der Waals surface area contributed by atoms with Gasteiger partial charge in [0.25, 0.3) is 0 Å². The minimum Gasteiger partial charge on any atom is -0.372 e. The van der Waals surface area contributed by atoms with E-state index in [-0.39, 0.29) is 11.9 Å². The first-order chi connectivity index (χ1) is 8.61. The molecule has 0 saturated carbocycles. The number of nitrogens with zero attached hydrogens (tertiary/aromatic N) is 1. The molecule has 5 heteroatoms. The Morgan fingerprint density at radius 3 is 2.78 bits per heavy atom. The molecule has 0 aliphatic rings. The molecule has 96 valence electrons. The molecular weight excluding hydrogens is 230 g/mol.